The summed E-state index contributed by atoms with van der Waals surface area (Å²) in [6.07, 6.45) is 7.76. The minimum absolute atomic E-state index is 0. The van der Waals surface area contributed by atoms with E-state index in [1.165, 1.54) is 38.5 Å². The first-order valence-corrected chi connectivity index (χ1v) is 6.74. The standard InChI is InChI=1S/C13H24N2O.ClH/c1-10(9-14)13(16)15-8-4-7-12(15)11-5-2-3-6-11;/h10-12H,2-9,14H2,1H3;1H. The first-order valence-electron chi connectivity index (χ1n) is 6.74. The Hall–Kier alpha value is -0.280. The summed E-state index contributed by atoms with van der Waals surface area (Å²) in [6, 6.07) is 0.531. The van der Waals surface area contributed by atoms with E-state index in [-0.39, 0.29) is 24.2 Å². The van der Waals surface area contributed by atoms with Crippen molar-refractivity contribution < 1.29 is 4.79 Å². The molecule has 2 fully saturated rings. The van der Waals surface area contributed by atoms with E-state index in [4.69, 9.17) is 5.73 Å². The summed E-state index contributed by atoms with van der Waals surface area (Å²) in [5.41, 5.74) is 5.59. The van der Waals surface area contributed by atoms with E-state index in [1.54, 1.807) is 0 Å². The molecule has 1 saturated carbocycles. The topological polar surface area (TPSA) is 46.3 Å². The maximum Gasteiger partial charge on any atom is 0.226 e. The number of carbonyl (C=O) groups excluding carboxylic acids is 1. The third-order valence-corrected chi connectivity index (χ3v) is 4.30. The van der Waals surface area contributed by atoms with Gasteiger partial charge in [-0.15, -0.1) is 12.4 Å². The fourth-order valence-electron chi connectivity index (χ4n) is 3.28. The Morgan fingerprint density at radius 1 is 1.29 bits per heavy atom. The van der Waals surface area contributed by atoms with Gasteiger partial charge >= 0.3 is 0 Å². The average Bonchev–Trinajstić information content (AvgIpc) is 2.95. The van der Waals surface area contributed by atoms with Crippen molar-refractivity contribution in [2.45, 2.75) is 51.5 Å². The van der Waals surface area contributed by atoms with Crippen molar-refractivity contribution in [1.29, 1.82) is 0 Å². The van der Waals surface area contributed by atoms with E-state index in [0.29, 0.717) is 12.6 Å². The largest absolute Gasteiger partial charge is 0.339 e. The van der Waals surface area contributed by atoms with Gasteiger partial charge in [-0.2, -0.15) is 0 Å². The number of nitrogens with two attached hydrogens (primary N) is 1. The fraction of sp³-hybridized carbons (Fsp3) is 0.923. The third kappa shape index (κ3) is 3.14. The van der Waals surface area contributed by atoms with Crippen LogP contribution in [0.3, 0.4) is 0 Å². The lowest BCUT2D eigenvalue weighted by Gasteiger charge is -2.31. The number of carbonyl (C=O) groups is 1. The molecule has 0 spiro atoms. The van der Waals surface area contributed by atoms with Crippen LogP contribution in [0.1, 0.15) is 45.4 Å². The Bertz CT molecular complexity index is 254. The predicted octanol–water partition coefficient (Wildman–Crippen LogP) is 2.18. The summed E-state index contributed by atoms with van der Waals surface area (Å²) < 4.78 is 0. The molecule has 2 atom stereocenters. The van der Waals surface area contributed by atoms with Crippen molar-refractivity contribution in [2.24, 2.45) is 17.6 Å². The van der Waals surface area contributed by atoms with E-state index >= 15 is 0 Å². The van der Waals surface area contributed by atoms with Gasteiger partial charge in [-0.3, -0.25) is 4.79 Å². The number of halogens is 1. The number of hydrogen-bond acceptors (Lipinski definition) is 2. The summed E-state index contributed by atoms with van der Waals surface area (Å²) >= 11 is 0. The van der Waals surface area contributed by atoms with Crippen LogP contribution in [-0.2, 0) is 4.79 Å². The molecule has 0 aromatic heterocycles. The van der Waals surface area contributed by atoms with Gasteiger partial charge in [-0.25, -0.2) is 0 Å². The third-order valence-electron chi connectivity index (χ3n) is 4.30. The SMILES string of the molecule is CC(CN)C(=O)N1CCCC1C1CCCC1.Cl. The highest BCUT2D eigenvalue weighted by molar-refractivity contribution is 5.85. The fourth-order valence-corrected chi connectivity index (χ4v) is 3.28. The Labute approximate surface area is 111 Å². The lowest BCUT2D eigenvalue weighted by atomic mass is 9.95. The predicted molar refractivity (Wildman–Crippen MR) is 72.2 cm³/mol. The van der Waals surface area contributed by atoms with E-state index in [9.17, 15) is 4.79 Å². The van der Waals surface area contributed by atoms with Gasteiger partial charge in [0.05, 0.1) is 0 Å². The van der Waals surface area contributed by atoms with Crippen molar-refractivity contribution in [2.75, 3.05) is 13.1 Å². The highest BCUT2D eigenvalue weighted by Crippen LogP contribution is 2.35. The van der Waals surface area contributed by atoms with Gasteiger partial charge < -0.3 is 10.6 Å². The highest BCUT2D eigenvalue weighted by Gasteiger charge is 2.36. The second kappa shape index (κ2) is 6.60. The minimum atomic E-state index is 0. The van der Waals surface area contributed by atoms with Gasteiger partial charge in [0.15, 0.2) is 0 Å². The maximum absolute atomic E-state index is 12.2. The molecule has 100 valence electrons. The van der Waals surface area contributed by atoms with E-state index < -0.39 is 0 Å². The first kappa shape index (κ1) is 14.8. The Morgan fingerprint density at radius 2 is 1.94 bits per heavy atom. The van der Waals surface area contributed by atoms with E-state index in [1.807, 2.05) is 6.92 Å². The quantitative estimate of drug-likeness (QED) is 0.846. The van der Waals surface area contributed by atoms with Crippen molar-refractivity contribution in [3.05, 3.63) is 0 Å². The van der Waals surface area contributed by atoms with Crippen LogP contribution in [0.15, 0.2) is 0 Å². The van der Waals surface area contributed by atoms with Crippen molar-refractivity contribution in [3.8, 4) is 0 Å². The second-order valence-corrected chi connectivity index (χ2v) is 5.42. The molecule has 0 radical (unpaired) electrons. The Morgan fingerprint density at radius 3 is 2.53 bits per heavy atom. The van der Waals surface area contributed by atoms with Gasteiger partial charge in [0.1, 0.15) is 0 Å². The lowest BCUT2D eigenvalue weighted by Crippen LogP contribution is -2.43. The average molecular weight is 261 g/mol. The molecule has 1 heterocycles. The smallest absolute Gasteiger partial charge is 0.226 e. The molecule has 2 N–H and O–H groups in total. The zero-order valence-corrected chi connectivity index (χ0v) is 11.5. The zero-order chi connectivity index (χ0) is 11.5. The van der Waals surface area contributed by atoms with Crippen LogP contribution in [0.2, 0.25) is 0 Å². The van der Waals surface area contributed by atoms with Crippen LogP contribution < -0.4 is 5.73 Å². The molecule has 2 aliphatic rings. The molecule has 1 saturated heterocycles. The summed E-state index contributed by atoms with van der Waals surface area (Å²) in [5.74, 6) is 1.07. The van der Waals surface area contributed by atoms with Crippen LogP contribution >= 0.6 is 12.4 Å². The van der Waals surface area contributed by atoms with Crippen LogP contribution in [-0.4, -0.2) is 29.9 Å². The molecular weight excluding hydrogens is 236 g/mol. The normalized spacial score (nSPS) is 26.9. The lowest BCUT2D eigenvalue weighted by molar-refractivity contribution is -0.136. The van der Waals surface area contributed by atoms with Crippen LogP contribution in [0.25, 0.3) is 0 Å². The van der Waals surface area contributed by atoms with Gasteiger partial charge in [-0.05, 0) is 31.6 Å². The Balaban J connectivity index is 0.00000144. The molecule has 2 unspecified atom stereocenters. The number of likely N-dealkylation sites (tertiary alicyclic amines) is 1. The molecule has 0 aromatic rings. The molecular formula is C13H25ClN2O. The number of nitrogens with zero attached hydrogens (tertiary/aromatic N) is 1. The van der Waals surface area contributed by atoms with Gasteiger partial charge in [0.2, 0.25) is 5.91 Å². The van der Waals surface area contributed by atoms with Crippen LogP contribution in [0, 0.1) is 11.8 Å². The molecule has 0 aromatic carbocycles. The summed E-state index contributed by atoms with van der Waals surface area (Å²) in [4.78, 5) is 14.3. The molecule has 4 heteroatoms. The molecule has 1 aliphatic heterocycles. The van der Waals surface area contributed by atoms with Crippen molar-refractivity contribution in [3.63, 3.8) is 0 Å². The van der Waals surface area contributed by atoms with Gasteiger partial charge in [0.25, 0.3) is 0 Å². The van der Waals surface area contributed by atoms with Gasteiger partial charge in [0, 0.05) is 25.0 Å². The molecule has 17 heavy (non-hydrogen) atoms. The van der Waals surface area contributed by atoms with Crippen LogP contribution in [0.5, 0.6) is 0 Å². The van der Waals surface area contributed by atoms with E-state index in [2.05, 4.69) is 4.90 Å². The summed E-state index contributed by atoms with van der Waals surface area (Å²) in [6.45, 7) is 3.39. The molecule has 1 aliphatic carbocycles. The summed E-state index contributed by atoms with van der Waals surface area (Å²) in [7, 11) is 0. The molecule has 1 amide bonds. The minimum Gasteiger partial charge on any atom is -0.339 e. The van der Waals surface area contributed by atoms with Gasteiger partial charge in [-0.1, -0.05) is 19.8 Å². The number of amides is 1. The molecule has 0 bridgehead atoms. The number of rotatable bonds is 3. The number of hydrogen-bond donors (Lipinski definition) is 1. The first-order chi connectivity index (χ1) is 7.74. The Kier molecular flexibility index (Phi) is 5.74. The highest BCUT2D eigenvalue weighted by atomic mass is 35.5. The second-order valence-electron chi connectivity index (χ2n) is 5.42. The molecule has 3 nitrogen and oxygen atoms in total. The monoisotopic (exact) mass is 260 g/mol. The van der Waals surface area contributed by atoms with Crippen LogP contribution in [0.4, 0.5) is 0 Å². The summed E-state index contributed by atoms with van der Waals surface area (Å²) in [5, 5.41) is 0. The van der Waals surface area contributed by atoms with Crippen molar-refractivity contribution >= 4 is 18.3 Å². The zero-order valence-electron chi connectivity index (χ0n) is 10.7. The van der Waals surface area contributed by atoms with E-state index in [0.717, 1.165) is 12.5 Å². The maximum atomic E-state index is 12.2. The van der Waals surface area contributed by atoms with Crippen molar-refractivity contribution in [1.82, 2.24) is 4.90 Å². The molecule has 2 rings (SSSR count).